The molecule has 1 fully saturated rings. The number of hydrogen-bond acceptors (Lipinski definition) is 3. The number of amides is 2. The van der Waals surface area contributed by atoms with Crippen molar-refractivity contribution in [2.24, 2.45) is 0 Å². The Morgan fingerprint density at radius 3 is 2.76 bits per heavy atom. The maximum absolute atomic E-state index is 14.0. The molecule has 0 radical (unpaired) electrons. The fourth-order valence-electron chi connectivity index (χ4n) is 3.51. The number of anilines is 1. The van der Waals surface area contributed by atoms with E-state index < -0.39 is 10.9 Å². The second kappa shape index (κ2) is 5.88. The normalized spacial score (nSPS) is 22.5. The molecule has 4 rings (SSSR count). The van der Waals surface area contributed by atoms with Gasteiger partial charge in [0.2, 0.25) is 5.91 Å². The van der Waals surface area contributed by atoms with Crippen molar-refractivity contribution in [3.63, 3.8) is 0 Å². The second-order valence-corrected chi connectivity index (χ2v) is 7.62. The molecule has 4 nitrogen and oxygen atoms in total. The van der Waals surface area contributed by atoms with Crippen LogP contribution in [-0.4, -0.2) is 16.7 Å². The molecule has 6 heteroatoms. The summed E-state index contributed by atoms with van der Waals surface area (Å²) in [6, 6.07) is 13.4. The number of nitrogens with zero attached hydrogens (tertiary/aromatic N) is 1. The van der Waals surface area contributed by atoms with Crippen LogP contribution in [0.3, 0.4) is 0 Å². The summed E-state index contributed by atoms with van der Waals surface area (Å²) in [5, 5.41) is 2.90. The minimum Gasteiger partial charge on any atom is -0.347 e. The van der Waals surface area contributed by atoms with Crippen LogP contribution in [0.25, 0.3) is 0 Å². The molecule has 25 heavy (non-hydrogen) atoms. The third-order valence-corrected chi connectivity index (χ3v) is 6.22. The summed E-state index contributed by atoms with van der Waals surface area (Å²) in [6.07, 6.45) is 0.782. The molecule has 0 aromatic heterocycles. The number of hydrogen-bond donors (Lipinski definition) is 1. The Balaban J connectivity index is 1.64. The van der Waals surface area contributed by atoms with Crippen molar-refractivity contribution in [3.05, 3.63) is 59.9 Å². The third kappa shape index (κ3) is 2.43. The standard InChI is InChI=1S/C19H17FN2O2S/c1-12(13-6-2-3-7-14(13)20)21-18(24)19-11-10-17(23)22(19)15-8-4-5-9-16(15)25-19/h2-9,12H,10-11H2,1H3,(H,21,24)/t12-,19-/m0/s1. The van der Waals surface area contributed by atoms with E-state index in [9.17, 15) is 14.0 Å². The van der Waals surface area contributed by atoms with Crippen molar-refractivity contribution in [2.45, 2.75) is 35.6 Å². The fraction of sp³-hybridized carbons (Fsp3) is 0.263. The monoisotopic (exact) mass is 356 g/mol. The zero-order valence-electron chi connectivity index (χ0n) is 13.7. The first-order valence-electron chi connectivity index (χ1n) is 8.19. The summed E-state index contributed by atoms with van der Waals surface area (Å²) in [6.45, 7) is 1.75. The molecule has 0 saturated carbocycles. The summed E-state index contributed by atoms with van der Waals surface area (Å²) in [5.41, 5.74) is 1.22. The van der Waals surface area contributed by atoms with Gasteiger partial charge < -0.3 is 5.32 Å². The van der Waals surface area contributed by atoms with Crippen molar-refractivity contribution in [1.82, 2.24) is 5.32 Å². The van der Waals surface area contributed by atoms with Crippen molar-refractivity contribution in [1.29, 1.82) is 0 Å². The first-order chi connectivity index (χ1) is 12.0. The molecular weight excluding hydrogens is 339 g/mol. The Kier molecular flexibility index (Phi) is 3.80. The number of nitrogens with one attached hydrogen (secondary N) is 1. The lowest BCUT2D eigenvalue weighted by molar-refractivity contribution is -0.125. The number of para-hydroxylation sites is 1. The van der Waals surface area contributed by atoms with E-state index in [4.69, 9.17) is 0 Å². The first-order valence-corrected chi connectivity index (χ1v) is 9.01. The highest BCUT2D eigenvalue weighted by atomic mass is 32.2. The maximum Gasteiger partial charge on any atom is 0.257 e. The molecule has 0 unspecified atom stereocenters. The summed E-state index contributed by atoms with van der Waals surface area (Å²) in [5.74, 6) is -0.657. The van der Waals surface area contributed by atoms with Crippen LogP contribution in [0.5, 0.6) is 0 Å². The predicted molar refractivity (Wildman–Crippen MR) is 94.7 cm³/mol. The van der Waals surface area contributed by atoms with Crippen molar-refractivity contribution in [3.8, 4) is 0 Å². The van der Waals surface area contributed by atoms with E-state index in [0.29, 0.717) is 18.4 Å². The van der Waals surface area contributed by atoms with Gasteiger partial charge >= 0.3 is 0 Å². The number of halogens is 1. The van der Waals surface area contributed by atoms with Gasteiger partial charge in [-0.3, -0.25) is 14.5 Å². The molecule has 0 spiro atoms. The van der Waals surface area contributed by atoms with Gasteiger partial charge in [0.15, 0.2) is 4.87 Å². The highest BCUT2D eigenvalue weighted by Crippen LogP contribution is 2.55. The van der Waals surface area contributed by atoms with Crippen LogP contribution in [0.2, 0.25) is 0 Å². The maximum atomic E-state index is 14.0. The van der Waals surface area contributed by atoms with E-state index in [0.717, 1.165) is 10.6 Å². The minimum atomic E-state index is -0.972. The van der Waals surface area contributed by atoms with Crippen LogP contribution in [0.1, 0.15) is 31.4 Å². The average molecular weight is 356 g/mol. The molecule has 1 N–H and O–H groups in total. The molecule has 2 aliphatic heterocycles. The summed E-state index contributed by atoms with van der Waals surface area (Å²) < 4.78 is 14.0. The quantitative estimate of drug-likeness (QED) is 0.914. The lowest BCUT2D eigenvalue weighted by atomic mass is 10.1. The van der Waals surface area contributed by atoms with Gasteiger partial charge in [0, 0.05) is 16.9 Å². The van der Waals surface area contributed by atoms with Gasteiger partial charge in [0.1, 0.15) is 5.82 Å². The minimum absolute atomic E-state index is 0.0499. The number of benzene rings is 2. The van der Waals surface area contributed by atoms with E-state index in [1.165, 1.54) is 17.8 Å². The molecule has 2 heterocycles. The van der Waals surface area contributed by atoms with Gasteiger partial charge in [0.25, 0.3) is 5.91 Å². The third-order valence-electron chi connectivity index (χ3n) is 4.75. The summed E-state index contributed by atoms with van der Waals surface area (Å²) in [7, 11) is 0. The number of thioether (sulfide) groups is 1. The van der Waals surface area contributed by atoms with E-state index in [2.05, 4.69) is 5.32 Å². The van der Waals surface area contributed by atoms with Gasteiger partial charge in [0.05, 0.1) is 11.7 Å². The van der Waals surface area contributed by atoms with Crippen molar-refractivity contribution < 1.29 is 14.0 Å². The number of carbonyl (C=O) groups excluding carboxylic acids is 2. The Bertz CT molecular complexity index is 872. The summed E-state index contributed by atoms with van der Waals surface area (Å²) in [4.78, 5) is 27.1. The lowest BCUT2D eigenvalue weighted by Crippen LogP contribution is -2.52. The molecule has 128 valence electrons. The first kappa shape index (κ1) is 16.1. The molecule has 2 aliphatic rings. The lowest BCUT2D eigenvalue weighted by Gasteiger charge is -2.31. The Labute approximate surface area is 149 Å². The molecular formula is C19H17FN2O2S. The highest BCUT2D eigenvalue weighted by Gasteiger charge is 2.57. The largest absolute Gasteiger partial charge is 0.347 e. The van der Waals surface area contributed by atoms with Crippen LogP contribution < -0.4 is 10.2 Å². The molecule has 0 aliphatic carbocycles. The van der Waals surface area contributed by atoms with E-state index >= 15 is 0 Å². The SMILES string of the molecule is C[C@H](NC(=O)[C@@]12CCC(=O)N1c1ccccc1S2)c1ccccc1F. The van der Waals surface area contributed by atoms with Crippen LogP contribution in [0, 0.1) is 5.82 Å². The van der Waals surface area contributed by atoms with Gasteiger partial charge in [-0.1, -0.05) is 42.1 Å². The van der Waals surface area contributed by atoms with Crippen LogP contribution >= 0.6 is 11.8 Å². The van der Waals surface area contributed by atoms with Crippen LogP contribution in [-0.2, 0) is 9.59 Å². The van der Waals surface area contributed by atoms with E-state index in [-0.39, 0.29) is 17.6 Å². The molecule has 2 aromatic rings. The Morgan fingerprint density at radius 2 is 1.96 bits per heavy atom. The van der Waals surface area contributed by atoms with Gasteiger partial charge in [-0.25, -0.2) is 4.39 Å². The fourth-order valence-corrected chi connectivity index (χ4v) is 4.93. The Hall–Kier alpha value is -2.34. The van der Waals surface area contributed by atoms with Crippen molar-refractivity contribution in [2.75, 3.05) is 4.90 Å². The van der Waals surface area contributed by atoms with Gasteiger partial charge in [-0.2, -0.15) is 0 Å². The van der Waals surface area contributed by atoms with Gasteiger partial charge in [-0.05, 0) is 31.5 Å². The molecule has 2 aromatic carbocycles. The van der Waals surface area contributed by atoms with Crippen molar-refractivity contribution >= 4 is 29.3 Å². The zero-order chi connectivity index (χ0) is 17.6. The smallest absolute Gasteiger partial charge is 0.257 e. The molecule has 0 bridgehead atoms. The number of fused-ring (bicyclic) bond motifs is 3. The molecule has 2 atom stereocenters. The molecule has 1 saturated heterocycles. The summed E-state index contributed by atoms with van der Waals surface area (Å²) >= 11 is 1.41. The molecule has 2 amide bonds. The van der Waals surface area contributed by atoms with E-state index in [1.54, 1.807) is 30.0 Å². The topological polar surface area (TPSA) is 49.4 Å². The highest BCUT2D eigenvalue weighted by molar-refractivity contribution is 8.02. The average Bonchev–Trinajstić information content (AvgIpc) is 3.11. The van der Waals surface area contributed by atoms with E-state index in [1.807, 2.05) is 24.3 Å². The van der Waals surface area contributed by atoms with Crippen LogP contribution in [0.4, 0.5) is 10.1 Å². The second-order valence-electron chi connectivity index (χ2n) is 6.30. The number of carbonyl (C=O) groups is 2. The zero-order valence-corrected chi connectivity index (χ0v) is 14.5. The van der Waals surface area contributed by atoms with Crippen LogP contribution in [0.15, 0.2) is 53.4 Å². The number of rotatable bonds is 3. The predicted octanol–water partition coefficient (Wildman–Crippen LogP) is 3.63. The van der Waals surface area contributed by atoms with Gasteiger partial charge in [-0.15, -0.1) is 0 Å². The Morgan fingerprint density at radius 1 is 1.24 bits per heavy atom.